The second-order valence-electron chi connectivity index (χ2n) is 4.88. The molecule has 0 spiro atoms. The Bertz CT molecular complexity index is 536. The lowest BCUT2D eigenvalue weighted by Crippen LogP contribution is -2.24. The summed E-state index contributed by atoms with van der Waals surface area (Å²) >= 11 is 0. The Morgan fingerprint density at radius 1 is 1.28 bits per heavy atom. The minimum absolute atomic E-state index is 0.120. The van der Waals surface area contributed by atoms with Gasteiger partial charge in [0.05, 0.1) is 0 Å². The molecule has 4 heteroatoms. The summed E-state index contributed by atoms with van der Waals surface area (Å²) in [5.41, 5.74) is 6.08. The van der Waals surface area contributed by atoms with Gasteiger partial charge in [-0.1, -0.05) is 13.8 Å². The summed E-state index contributed by atoms with van der Waals surface area (Å²) in [6, 6.07) is 5.69. The zero-order valence-corrected chi connectivity index (χ0v) is 10.5. The molecule has 2 rings (SSSR count). The molecule has 0 saturated heterocycles. The number of halogens is 2. The highest BCUT2D eigenvalue weighted by atomic mass is 19.1. The monoisotopic (exact) mass is 253 g/mol. The van der Waals surface area contributed by atoms with Gasteiger partial charge in [0, 0.05) is 11.3 Å². The molecule has 2 aromatic rings. The third-order valence-electron chi connectivity index (χ3n) is 3.27. The molecule has 0 bridgehead atoms. The van der Waals surface area contributed by atoms with E-state index in [-0.39, 0.29) is 30.0 Å². The van der Waals surface area contributed by atoms with E-state index < -0.39 is 6.17 Å². The van der Waals surface area contributed by atoms with Crippen molar-refractivity contribution in [2.75, 3.05) is 6.54 Å². The zero-order valence-electron chi connectivity index (χ0n) is 10.5. The molecule has 0 saturated carbocycles. The maximum absolute atomic E-state index is 14.3. The highest BCUT2D eigenvalue weighted by Crippen LogP contribution is 2.34. The van der Waals surface area contributed by atoms with Crippen molar-refractivity contribution in [1.82, 2.24) is 0 Å². The largest absolute Gasteiger partial charge is 0.458 e. The predicted octanol–water partition coefficient (Wildman–Crippen LogP) is 3.81. The van der Waals surface area contributed by atoms with Crippen molar-refractivity contribution < 1.29 is 13.2 Å². The average molecular weight is 253 g/mol. The molecule has 0 aliphatic carbocycles. The summed E-state index contributed by atoms with van der Waals surface area (Å²) in [6.45, 7) is 4.10. The van der Waals surface area contributed by atoms with Crippen LogP contribution in [0.2, 0.25) is 0 Å². The van der Waals surface area contributed by atoms with Crippen LogP contribution in [0.1, 0.15) is 25.8 Å². The summed E-state index contributed by atoms with van der Waals surface area (Å²) in [5.74, 6) is -0.311. The maximum Gasteiger partial charge on any atom is 0.162 e. The van der Waals surface area contributed by atoms with Crippen LogP contribution in [-0.4, -0.2) is 6.54 Å². The van der Waals surface area contributed by atoms with Crippen LogP contribution in [0.3, 0.4) is 0 Å². The van der Waals surface area contributed by atoms with E-state index >= 15 is 0 Å². The molecule has 0 fully saturated rings. The van der Waals surface area contributed by atoms with Gasteiger partial charge in [-0.25, -0.2) is 8.78 Å². The summed E-state index contributed by atoms with van der Waals surface area (Å²) in [4.78, 5) is 0. The van der Waals surface area contributed by atoms with Gasteiger partial charge >= 0.3 is 0 Å². The fourth-order valence-electron chi connectivity index (χ4n) is 2.11. The molecule has 0 amide bonds. The van der Waals surface area contributed by atoms with Gasteiger partial charge in [0.2, 0.25) is 0 Å². The fraction of sp³-hybridized carbons (Fsp3) is 0.429. The van der Waals surface area contributed by atoms with Gasteiger partial charge in [-0.05, 0) is 36.7 Å². The maximum atomic E-state index is 14.3. The Morgan fingerprint density at radius 2 is 2.00 bits per heavy atom. The molecule has 2 unspecified atom stereocenters. The lowest BCUT2D eigenvalue weighted by atomic mass is 9.90. The van der Waals surface area contributed by atoms with Crippen LogP contribution in [0.15, 0.2) is 28.7 Å². The predicted molar refractivity (Wildman–Crippen MR) is 67.4 cm³/mol. The van der Waals surface area contributed by atoms with Crippen molar-refractivity contribution >= 4 is 11.0 Å². The molecule has 1 heterocycles. The second kappa shape index (κ2) is 5.06. The first-order valence-corrected chi connectivity index (χ1v) is 6.06. The van der Waals surface area contributed by atoms with Crippen molar-refractivity contribution in [3.8, 4) is 0 Å². The molecule has 0 radical (unpaired) electrons. The van der Waals surface area contributed by atoms with E-state index in [1.54, 1.807) is 6.07 Å². The van der Waals surface area contributed by atoms with E-state index in [0.29, 0.717) is 11.0 Å². The topological polar surface area (TPSA) is 39.2 Å². The first kappa shape index (κ1) is 13.0. The van der Waals surface area contributed by atoms with Crippen LogP contribution in [0, 0.1) is 17.7 Å². The first-order valence-electron chi connectivity index (χ1n) is 6.06. The molecule has 0 aliphatic rings. The van der Waals surface area contributed by atoms with Crippen molar-refractivity contribution in [3.05, 3.63) is 35.8 Å². The molecule has 0 aliphatic heterocycles. The number of rotatable bonds is 4. The van der Waals surface area contributed by atoms with Gasteiger partial charge in [0.25, 0.3) is 0 Å². The molecule has 2 atom stereocenters. The van der Waals surface area contributed by atoms with Crippen LogP contribution in [0.5, 0.6) is 0 Å². The second-order valence-corrected chi connectivity index (χ2v) is 4.88. The third kappa shape index (κ3) is 2.38. The summed E-state index contributed by atoms with van der Waals surface area (Å²) in [6.07, 6.45) is -1.26. The molecular weight excluding hydrogens is 236 g/mol. The van der Waals surface area contributed by atoms with Crippen molar-refractivity contribution in [3.63, 3.8) is 0 Å². The van der Waals surface area contributed by atoms with Crippen LogP contribution in [0.4, 0.5) is 8.78 Å². The Balaban J connectivity index is 2.35. The van der Waals surface area contributed by atoms with E-state index in [0.717, 1.165) is 0 Å². The quantitative estimate of drug-likeness (QED) is 0.899. The van der Waals surface area contributed by atoms with Crippen molar-refractivity contribution in [1.29, 1.82) is 0 Å². The van der Waals surface area contributed by atoms with E-state index in [1.807, 2.05) is 13.8 Å². The number of benzene rings is 1. The Hall–Kier alpha value is -1.42. The number of fused-ring (bicyclic) bond motifs is 1. The zero-order chi connectivity index (χ0) is 13.3. The molecular formula is C14H17F2NO. The number of alkyl halides is 1. The molecule has 1 aromatic heterocycles. The van der Waals surface area contributed by atoms with Crippen molar-refractivity contribution in [2.45, 2.75) is 20.0 Å². The highest BCUT2D eigenvalue weighted by Gasteiger charge is 2.27. The minimum Gasteiger partial charge on any atom is -0.458 e. The van der Waals surface area contributed by atoms with Gasteiger partial charge in [0.15, 0.2) is 6.17 Å². The summed E-state index contributed by atoms with van der Waals surface area (Å²) < 4.78 is 32.8. The van der Waals surface area contributed by atoms with Gasteiger partial charge in [-0.15, -0.1) is 0 Å². The SMILES string of the molecule is CC(C)C(CN)C(F)c1cc2cc(F)ccc2o1. The Kier molecular flexibility index (Phi) is 3.66. The molecule has 2 nitrogen and oxygen atoms in total. The van der Waals surface area contributed by atoms with Gasteiger partial charge < -0.3 is 10.2 Å². The number of nitrogens with two attached hydrogens (primary N) is 1. The van der Waals surface area contributed by atoms with Gasteiger partial charge in [0.1, 0.15) is 17.2 Å². The van der Waals surface area contributed by atoms with Crippen LogP contribution < -0.4 is 5.73 Å². The summed E-state index contributed by atoms with van der Waals surface area (Å²) in [5, 5.41) is 0.576. The van der Waals surface area contributed by atoms with E-state index in [4.69, 9.17) is 10.2 Å². The van der Waals surface area contributed by atoms with Crippen LogP contribution in [-0.2, 0) is 0 Å². The third-order valence-corrected chi connectivity index (χ3v) is 3.27. The van der Waals surface area contributed by atoms with Gasteiger partial charge in [-0.3, -0.25) is 0 Å². The standard InChI is InChI=1S/C14H17F2NO/c1-8(2)11(7-17)14(16)13-6-9-5-10(15)3-4-12(9)18-13/h3-6,8,11,14H,7,17H2,1-2H3. The molecule has 2 N–H and O–H groups in total. The Morgan fingerprint density at radius 3 is 2.61 bits per heavy atom. The lowest BCUT2D eigenvalue weighted by molar-refractivity contribution is 0.164. The molecule has 18 heavy (non-hydrogen) atoms. The first-order chi connectivity index (χ1) is 8.52. The van der Waals surface area contributed by atoms with Crippen LogP contribution >= 0.6 is 0 Å². The fourth-order valence-corrected chi connectivity index (χ4v) is 2.11. The smallest absolute Gasteiger partial charge is 0.162 e. The number of hydrogen-bond acceptors (Lipinski definition) is 2. The summed E-state index contributed by atoms with van der Waals surface area (Å²) in [7, 11) is 0. The average Bonchev–Trinajstić information content (AvgIpc) is 2.72. The van der Waals surface area contributed by atoms with Crippen molar-refractivity contribution in [2.24, 2.45) is 17.6 Å². The van der Waals surface area contributed by atoms with Gasteiger partial charge in [-0.2, -0.15) is 0 Å². The molecule has 1 aromatic carbocycles. The lowest BCUT2D eigenvalue weighted by Gasteiger charge is -2.21. The number of furan rings is 1. The van der Waals surface area contributed by atoms with E-state index in [9.17, 15) is 8.78 Å². The Labute approximate surface area is 105 Å². The van der Waals surface area contributed by atoms with Crippen LogP contribution in [0.25, 0.3) is 11.0 Å². The highest BCUT2D eigenvalue weighted by molar-refractivity contribution is 5.77. The number of hydrogen-bond donors (Lipinski definition) is 1. The minimum atomic E-state index is -1.26. The van der Waals surface area contributed by atoms with E-state index in [1.165, 1.54) is 18.2 Å². The molecule has 98 valence electrons. The van der Waals surface area contributed by atoms with E-state index in [2.05, 4.69) is 0 Å². The normalized spacial score (nSPS) is 15.2.